The van der Waals surface area contributed by atoms with Gasteiger partial charge in [0.15, 0.2) is 0 Å². The molecule has 18 heavy (non-hydrogen) atoms. The van der Waals surface area contributed by atoms with E-state index in [4.69, 9.17) is 0 Å². The van der Waals surface area contributed by atoms with E-state index in [9.17, 15) is 8.78 Å². The van der Waals surface area contributed by atoms with Crippen LogP contribution in [0.25, 0.3) is 0 Å². The topological polar surface area (TPSA) is 12.0 Å². The summed E-state index contributed by atoms with van der Waals surface area (Å²) < 4.78 is 26.6. The Kier molecular flexibility index (Phi) is 6.88. The molecule has 0 fully saturated rings. The molecule has 0 aliphatic heterocycles. The Balaban J connectivity index is 2.64. The zero-order valence-corrected chi connectivity index (χ0v) is 11.3. The third-order valence-electron chi connectivity index (χ3n) is 3.13. The predicted octanol–water partition coefficient (Wildman–Crippen LogP) is 4.59. The van der Waals surface area contributed by atoms with Crippen molar-refractivity contribution in [2.24, 2.45) is 0 Å². The zero-order chi connectivity index (χ0) is 13.4. The van der Waals surface area contributed by atoms with Gasteiger partial charge >= 0.3 is 0 Å². The molecule has 0 saturated carbocycles. The average Bonchev–Trinajstić information content (AvgIpc) is 2.34. The van der Waals surface area contributed by atoms with Gasteiger partial charge in [0.2, 0.25) is 0 Å². The van der Waals surface area contributed by atoms with Crippen LogP contribution in [-0.2, 0) is 0 Å². The van der Waals surface area contributed by atoms with Crippen LogP contribution in [0.3, 0.4) is 0 Å². The molecule has 1 aromatic carbocycles. The van der Waals surface area contributed by atoms with E-state index in [-0.39, 0.29) is 6.04 Å². The fourth-order valence-electron chi connectivity index (χ4n) is 2.17. The number of benzene rings is 1. The molecule has 1 N–H and O–H groups in total. The lowest BCUT2D eigenvalue weighted by Gasteiger charge is -2.19. The van der Waals surface area contributed by atoms with Crippen LogP contribution in [0.1, 0.15) is 57.6 Å². The van der Waals surface area contributed by atoms with E-state index in [1.807, 2.05) is 6.92 Å². The highest BCUT2D eigenvalue weighted by Gasteiger charge is 2.14. The Bertz CT molecular complexity index is 352. The summed E-state index contributed by atoms with van der Waals surface area (Å²) in [5, 5.41) is 3.27. The normalized spacial score (nSPS) is 12.7. The van der Waals surface area contributed by atoms with Crippen LogP contribution in [0.2, 0.25) is 0 Å². The van der Waals surface area contributed by atoms with Gasteiger partial charge in [-0.1, -0.05) is 45.6 Å². The largest absolute Gasteiger partial charge is 0.310 e. The van der Waals surface area contributed by atoms with E-state index in [1.165, 1.54) is 25.3 Å². The quantitative estimate of drug-likeness (QED) is 0.670. The summed E-state index contributed by atoms with van der Waals surface area (Å²) in [4.78, 5) is 0. The maximum absolute atomic E-state index is 13.7. The second-order valence-corrected chi connectivity index (χ2v) is 4.63. The van der Waals surface area contributed by atoms with Crippen LogP contribution in [0.4, 0.5) is 8.78 Å². The fraction of sp³-hybridized carbons (Fsp3) is 0.600. The van der Waals surface area contributed by atoms with Crippen molar-refractivity contribution in [2.45, 2.75) is 52.0 Å². The molecule has 0 aliphatic carbocycles. The van der Waals surface area contributed by atoms with Gasteiger partial charge < -0.3 is 5.32 Å². The van der Waals surface area contributed by atoms with E-state index in [0.717, 1.165) is 25.5 Å². The smallest absolute Gasteiger partial charge is 0.130 e. The van der Waals surface area contributed by atoms with Crippen molar-refractivity contribution in [3.8, 4) is 0 Å². The predicted molar refractivity (Wildman–Crippen MR) is 71.5 cm³/mol. The maximum Gasteiger partial charge on any atom is 0.130 e. The standard InChI is InChI=1S/C15H23F2N/c1-3-5-6-7-8-15(18-4-2)13-10-9-12(16)11-14(13)17/h9-11,15,18H,3-8H2,1-2H3. The van der Waals surface area contributed by atoms with E-state index >= 15 is 0 Å². The van der Waals surface area contributed by atoms with Crippen LogP contribution < -0.4 is 5.32 Å². The Morgan fingerprint density at radius 3 is 2.50 bits per heavy atom. The number of hydrogen-bond donors (Lipinski definition) is 1. The highest BCUT2D eigenvalue weighted by molar-refractivity contribution is 5.22. The SMILES string of the molecule is CCCCCCC(NCC)c1ccc(F)cc1F. The molecular weight excluding hydrogens is 232 g/mol. The molecule has 0 aliphatic rings. The van der Waals surface area contributed by atoms with Crippen LogP contribution in [0.15, 0.2) is 18.2 Å². The minimum atomic E-state index is -0.516. The second-order valence-electron chi connectivity index (χ2n) is 4.63. The fourth-order valence-corrected chi connectivity index (χ4v) is 2.17. The van der Waals surface area contributed by atoms with Gasteiger partial charge in [0.05, 0.1) is 0 Å². The lowest BCUT2D eigenvalue weighted by atomic mass is 9.99. The van der Waals surface area contributed by atoms with Gasteiger partial charge in [-0.2, -0.15) is 0 Å². The molecule has 3 heteroatoms. The summed E-state index contributed by atoms with van der Waals surface area (Å²) in [6, 6.07) is 3.84. The van der Waals surface area contributed by atoms with Crippen molar-refractivity contribution in [2.75, 3.05) is 6.54 Å². The molecule has 0 heterocycles. The van der Waals surface area contributed by atoms with Crippen LogP contribution in [0.5, 0.6) is 0 Å². The number of unbranched alkanes of at least 4 members (excludes halogenated alkanes) is 3. The Labute approximate surface area is 109 Å². The van der Waals surface area contributed by atoms with E-state index in [1.54, 1.807) is 6.07 Å². The summed E-state index contributed by atoms with van der Waals surface area (Å²) in [5.41, 5.74) is 0.578. The Hall–Kier alpha value is -0.960. The van der Waals surface area contributed by atoms with Crippen molar-refractivity contribution >= 4 is 0 Å². The Morgan fingerprint density at radius 1 is 1.11 bits per heavy atom. The molecule has 1 aromatic rings. The minimum Gasteiger partial charge on any atom is -0.310 e. The average molecular weight is 255 g/mol. The van der Waals surface area contributed by atoms with Gasteiger partial charge in [-0.3, -0.25) is 0 Å². The summed E-state index contributed by atoms with van der Waals surface area (Å²) in [6.07, 6.45) is 5.54. The molecule has 0 saturated heterocycles. The first kappa shape index (κ1) is 15.1. The van der Waals surface area contributed by atoms with Gasteiger partial charge in [-0.15, -0.1) is 0 Å². The lowest BCUT2D eigenvalue weighted by molar-refractivity contribution is 0.458. The molecule has 1 unspecified atom stereocenters. The summed E-state index contributed by atoms with van der Waals surface area (Å²) in [7, 11) is 0. The van der Waals surface area contributed by atoms with Crippen LogP contribution in [0, 0.1) is 11.6 Å². The summed E-state index contributed by atoms with van der Waals surface area (Å²) >= 11 is 0. The van der Waals surface area contributed by atoms with Crippen molar-refractivity contribution in [1.82, 2.24) is 5.32 Å². The molecule has 0 aromatic heterocycles. The molecular formula is C15H23F2N. The molecule has 1 atom stereocenters. The lowest BCUT2D eigenvalue weighted by Crippen LogP contribution is -2.22. The number of hydrogen-bond acceptors (Lipinski definition) is 1. The van der Waals surface area contributed by atoms with Crippen LogP contribution in [-0.4, -0.2) is 6.54 Å². The van der Waals surface area contributed by atoms with Crippen molar-refractivity contribution in [3.63, 3.8) is 0 Å². The van der Waals surface area contributed by atoms with Gasteiger partial charge in [0.1, 0.15) is 11.6 Å². The number of halogens is 2. The van der Waals surface area contributed by atoms with Crippen LogP contribution >= 0.6 is 0 Å². The molecule has 1 nitrogen and oxygen atoms in total. The van der Waals surface area contributed by atoms with E-state index < -0.39 is 11.6 Å². The molecule has 0 spiro atoms. The highest BCUT2D eigenvalue weighted by atomic mass is 19.1. The Morgan fingerprint density at radius 2 is 1.89 bits per heavy atom. The van der Waals surface area contributed by atoms with E-state index in [0.29, 0.717) is 5.56 Å². The maximum atomic E-state index is 13.7. The summed E-state index contributed by atoms with van der Waals surface area (Å²) in [5.74, 6) is -0.964. The molecule has 102 valence electrons. The zero-order valence-electron chi connectivity index (χ0n) is 11.3. The molecule has 1 rings (SSSR count). The number of nitrogens with one attached hydrogen (secondary N) is 1. The molecule has 0 bridgehead atoms. The van der Waals surface area contributed by atoms with Crippen molar-refractivity contribution in [3.05, 3.63) is 35.4 Å². The second kappa shape index (κ2) is 8.20. The van der Waals surface area contributed by atoms with Gasteiger partial charge in [-0.25, -0.2) is 8.78 Å². The monoisotopic (exact) mass is 255 g/mol. The third-order valence-corrected chi connectivity index (χ3v) is 3.13. The van der Waals surface area contributed by atoms with E-state index in [2.05, 4.69) is 12.2 Å². The molecule has 0 radical (unpaired) electrons. The van der Waals surface area contributed by atoms with Gasteiger partial charge in [0, 0.05) is 17.7 Å². The van der Waals surface area contributed by atoms with Crippen molar-refractivity contribution < 1.29 is 8.78 Å². The first-order chi connectivity index (χ1) is 8.69. The van der Waals surface area contributed by atoms with Crippen molar-refractivity contribution in [1.29, 1.82) is 0 Å². The minimum absolute atomic E-state index is 0.00699. The highest BCUT2D eigenvalue weighted by Crippen LogP contribution is 2.23. The first-order valence-corrected chi connectivity index (χ1v) is 6.87. The first-order valence-electron chi connectivity index (χ1n) is 6.87. The summed E-state index contributed by atoms with van der Waals surface area (Å²) in [6.45, 7) is 4.96. The molecule has 0 amide bonds. The third kappa shape index (κ3) is 4.73. The number of rotatable bonds is 8. The van der Waals surface area contributed by atoms with Gasteiger partial charge in [0.25, 0.3) is 0 Å². The van der Waals surface area contributed by atoms with Gasteiger partial charge in [-0.05, 0) is 19.0 Å².